The zero-order valence-corrected chi connectivity index (χ0v) is 21.1. The van der Waals surface area contributed by atoms with Gasteiger partial charge in [0.2, 0.25) is 0 Å². The molecule has 3 aromatic carbocycles. The highest BCUT2D eigenvalue weighted by Crippen LogP contribution is 2.31. The number of benzene rings is 3. The van der Waals surface area contributed by atoms with E-state index in [2.05, 4.69) is 0 Å². The largest absolute Gasteiger partial charge is 0.497 e. The zero-order chi connectivity index (χ0) is 25.6. The van der Waals surface area contributed by atoms with Gasteiger partial charge in [-0.1, -0.05) is 30.3 Å². The van der Waals surface area contributed by atoms with Crippen LogP contribution in [0.2, 0.25) is 0 Å². The fourth-order valence-electron chi connectivity index (χ4n) is 4.79. The number of ether oxygens (including phenoxy) is 1. The van der Waals surface area contributed by atoms with Crippen molar-refractivity contribution in [3.8, 4) is 11.4 Å². The highest BCUT2D eigenvalue weighted by atomic mass is 16.5. The first kappa shape index (κ1) is 23.4. The van der Waals surface area contributed by atoms with E-state index in [1.807, 2.05) is 74.9 Å². The Morgan fingerprint density at radius 1 is 1.03 bits per heavy atom. The number of carbonyl (C=O) groups excluding carboxylic acids is 1. The Kier molecular flexibility index (Phi) is 5.84. The fraction of sp³-hybridized carbons (Fsp3) is 0.207. The molecule has 2 aromatic heterocycles. The van der Waals surface area contributed by atoms with E-state index in [4.69, 9.17) is 9.84 Å². The standard InChI is InChI=1S/C29H28N4O3/c1-6-32(24-17-18(2)11-12-19(24)3)28(34)26-25-22-9-7-8-10-23(22)31(4)27(25)29(35)33(30-26)20-13-15-21(36-5)16-14-20/h7-17H,6H2,1-5H3. The van der Waals surface area contributed by atoms with Crippen molar-refractivity contribution in [2.24, 2.45) is 7.05 Å². The third-order valence-electron chi connectivity index (χ3n) is 6.68. The van der Waals surface area contributed by atoms with E-state index in [1.165, 1.54) is 4.68 Å². The molecule has 36 heavy (non-hydrogen) atoms. The van der Waals surface area contributed by atoms with Gasteiger partial charge in [0.05, 0.1) is 12.8 Å². The van der Waals surface area contributed by atoms with Gasteiger partial charge in [-0.2, -0.15) is 9.78 Å². The molecular weight excluding hydrogens is 452 g/mol. The summed E-state index contributed by atoms with van der Waals surface area (Å²) in [6, 6.07) is 20.8. The molecule has 0 aliphatic heterocycles. The predicted octanol–water partition coefficient (Wildman–Crippen LogP) is 5.17. The van der Waals surface area contributed by atoms with E-state index in [1.54, 1.807) is 36.3 Å². The van der Waals surface area contributed by atoms with Gasteiger partial charge in [0.15, 0.2) is 5.69 Å². The molecule has 2 heterocycles. The van der Waals surface area contributed by atoms with E-state index < -0.39 is 0 Å². The summed E-state index contributed by atoms with van der Waals surface area (Å²) >= 11 is 0. The molecule has 1 amide bonds. The van der Waals surface area contributed by atoms with Crippen molar-refractivity contribution >= 4 is 33.4 Å². The molecule has 0 aliphatic rings. The quantitative estimate of drug-likeness (QED) is 0.348. The number of hydrogen-bond acceptors (Lipinski definition) is 4. The second kappa shape index (κ2) is 9.00. The number of anilines is 1. The minimum absolute atomic E-state index is 0.236. The second-order valence-corrected chi connectivity index (χ2v) is 8.90. The molecule has 7 heteroatoms. The maximum absolute atomic E-state index is 14.2. The second-order valence-electron chi connectivity index (χ2n) is 8.90. The van der Waals surface area contributed by atoms with Crippen LogP contribution in [-0.2, 0) is 7.05 Å². The molecule has 0 radical (unpaired) electrons. The number of nitrogens with zero attached hydrogens (tertiary/aromatic N) is 4. The van der Waals surface area contributed by atoms with Crippen LogP contribution in [0.4, 0.5) is 5.69 Å². The summed E-state index contributed by atoms with van der Waals surface area (Å²) in [4.78, 5) is 29.7. The van der Waals surface area contributed by atoms with Gasteiger partial charge in [0, 0.05) is 35.6 Å². The molecule has 5 rings (SSSR count). The minimum atomic E-state index is -0.291. The van der Waals surface area contributed by atoms with Crippen molar-refractivity contribution in [2.75, 3.05) is 18.6 Å². The fourth-order valence-corrected chi connectivity index (χ4v) is 4.79. The van der Waals surface area contributed by atoms with Gasteiger partial charge in [-0.05, 0) is 68.3 Å². The van der Waals surface area contributed by atoms with Crippen LogP contribution in [0.5, 0.6) is 5.75 Å². The topological polar surface area (TPSA) is 69.4 Å². The molecule has 0 saturated carbocycles. The SMILES string of the molecule is CCN(C(=O)c1nn(-c2ccc(OC)cc2)c(=O)c2c1c1ccccc1n2C)c1cc(C)ccc1C. The summed E-state index contributed by atoms with van der Waals surface area (Å²) in [6.07, 6.45) is 0. The summed E-state index contributed by atoms with van der Waals surface area (Å²) < 4.78 is 8.43. The molecular formula is C29H28N4O3. The van der Waals surface area contributed by atoms with Crippen molar-refractivity contribution in [2.45, 2.75) is 20.8 Å². The number of carbonyl (C=O) groups is 1. The van der Waals surface area contributed by atoms with Gasteiger partial charge < -0.3 is 14.2 Å². The Balaban J connectivity index is 1.83. The summed E-state index contributed by atoms with van der Waals surface area (Å²) in [5.74, 6) is 0.413. The van der Waals surface area contributed by atoms with Gasteiger partial charge in [-0.3, -0.25) is 9.59 Å². The molecule has 0 bridgehead atoms. The van der Waals surface area contributed by atoms with Crippen LogP contribution in [-0.4, -0.2) is 33.9 Å². The first-order valence-electron chi connectivity index (χ1n) is 11.9. The molecule has 7 nitrogen and oxygen atoms in total. The Morgan fingerprint density at radius 3 is 2.44 bits per heavy atom. The first-order chi connectivity index (χ1) is 17.3. The van der Waals surface area contributed by atoms with Crippen LogP contribution >= 0.6 is 0 Å². The van der Waals surface area contributed by atoms with Gasteiger partial charge in [-0.25, -0.2) is 0 Å². The van der Waals surface area contributed by atoms with Crippen molar-refractivity contribution in [1.82, 2.24) is 14.3 Å². The predicted molar refractivity (Wildman–Crippen MR) is 144 cm³/mol. The van der Waals surface area contributed by atoms with Crippen LogP contribution in [0.1, 0.15) is 28.5 Å². The molecule has 182 valence electrons. The van der Waals surface area contributed by atoms with E-state index in [-0.39, 0.29) is 17.2 Å². The van der Waals surface area contributed by atoms with Crippen molar-refractivity contribution in [1.29, 1.82) is 0 Å². The summed E-state index contributed by atoms with van der Waals surface area (Å²) in [7, 11) is 3.44. The Bertz CT molecular complexity index is 1680. The van der Waals surface area contributed by atoms with Crippen molar-refractivity contribution in [3.63, 3.8) is 0 Å². The summed E-state index contributed by atoms with van der Waals surface area (Å²) in [6.45, 7) is 6.40. The van der Waals surface area contributed by atoms with Crippen LogP contribution in [0.3, 0.4) is 0 Å². The number of aryl methyl sites for hydroxylation is 3. The van der Waals surface area contributed by atoms with E-state index in [9.17, 15) is 9.59 Å². The highest BCUT2D eigenvalue weighted by Gasteiger charge is 2.27. The Morgan fingerprint density at radius 2 is 1.75 bits per heavy atom. The number of hydrogen-bond donors (Lipinski definition) is 0. The third-order valence-corrected chi connectivity index (χ3v) is 6.68. The average molecular weight is 481 g/mol. The molecule has 0 aliphatic carbocycles. The Labute approximate surface area is 209 Å². The smallest absolute Gasteiger partial charge is 0.296 e. The average Bonchev–Trinajstić information content (AvgIpc) is 3.20. The van der Waals surface area contributed by atoms with Crippen LogP contribution in [0, 0.1) is 13.8 Å². The lowest BCUT2D eigenvalue weighted by atomic mass is 10.1. The number of methoxy groups -OCH3 is 1. The molecule has 0 unspecified atom stereocenters. The highest BCUT2D eigenvalue weighted by molar-refractivity contribution is 6.20. The van der Waals surface area contributed by atoms with E-state index in [0.717, 1.165) is 27.7 Å². The van der Waals surface area contributed by atoms with Gasteiger partial charge in [-0.15, -0.1) is 0 Å². The molecule has 0 spiro atoms. The van der Waals surface area contributed by atoms with Gasteiger partial charge >= 0.3 is 0 Å². The van der Waals surface area contributed by atoms with E-state index >= 15 is 0 Å². The molecule has 0 saturated heterocycles. The van der Waals surface area contributed by atoms with E-state index in [0.29, 0.717) is 28.9 Å². The minimum Gasteiger partial charge on any atom is -0.497 e. The van der Waals surface area contributed by atoms with Gasteiger partial charge in [0.25, 0.3) is 11.5 Å². The van der Waals surface area contributed by atoms with Crippen LogP contribution in [0.15, 0.2) is 71.5 Å². The van der Waals surface area contributed by atoms with Crippen LogP contribution < -0.4 is 15.2 Å². The lowest BCUT2D eigenvalue weighted by Gasteiger charge is -2.24. The number of para-hydroxylation sites is 1. The van der Waals surface area contributed by atoms with Gasteiger partial charge in [0.1, 0.15) is 11.3 Å². The summed E-state index contributed by atoms with van der Waals surface area (Å²) in [5, 5.41) is 6.08. The van der Waals surface area contributed by atoms with Crippen molar-refractivity contribution in [3.05, 3.63) is 93.9 Å². The number of fused-ring (bicyclic) bond motifs is 3. The lowest BCUT2D eigenvalue weighted by Crippen LogP contribution is -2.34. The normalized spacial score (nSPS) is 11.2. The number of aromatic nitrogens is 3. The molecule has 5 aromatic rings. The third kappa shape index (κ3) is 3.64. The lowest BCUT2D eigenvalue weighted by molar-refractivity contribution is 0.0983. The Hall–Kier alpha value is -4.39. The number of rotatable bonds is 5. The van der Waals surface area contributed by atoms with Crippen molar-refractivity contribution < 1.29 is 9.53 Å². The molecule has 0 atom stereocenters. The maximum Gasteiger partial charge on any atom is 0.296 e. The monoisotopic (exact) mass is 480 g/mol. The maximum atomic E-state index is 14.2. The number of amides is 1. The first-order valence-corrected chi connectivity index (χ1v) is 11.9. The van der Waals surface area contributed by atoms with Crippen LogP contribution in [0.25, 0.3) is 27.5 Å². The summed E-state index contributed by atoms with van der Waals surface area (Å²) in [5.41, 5.74) is 4.68. The molecule has 0 N–H and O–H groups in total. The zero-order valence-electron chi connectivity index (χ0n) is 21.1. The molecule has 0 fully saturated rings.